The minimum absolute atomic E-state index is 0.305. The van der Waals surface area contributed by atoms with Crippen LogP contribution in [-0.2, 0) is 4.79 Å². The molecule has 0 aromatic rings. The average Bonchev–Trinajstić information content (AvgIpc) is 2.19. The Kier molecular flexibility index (Phi) is 2.74. The van der Waals surface area contributed by atoms with Crippen molar-refractivity contribution in [2.24, 2.45) is 5.41 Å². The van der Waals surface area contributed by atoms with E-state index in [1.54, 1.807) is 0 Å². The van der Waals surface area contributed by atoms with Crippen LogP contribution in [0.4, 0.5) is 0 Å². The first-order chi connectivity index (χ1) is 6.72. The fraction of sp³-hybridized carbons (Fsp3) is 0.900. The normalized spacial score (nSPS) is 31.6. The highest BCUT2D eigenvalue weighted by Crippen LogP contribution is 2.39. The average molecular weight is 198 g/mol. The number of aliphatic carboxylic acids is 1. The Balaban J connectivity index is 2.01. The van der Waals surface area contributed by atoms with Gasteiger partial charge in [0.2, 0.25) is 0 Å². The van der Waals surface area contributed by atoms with Crippen molar-refractivity contribution in [3.05, 3.63) is 0 Å². The highest BCUT2D eigenvalue weighted by Gasteiger charge is 2.39. The third-order valence-electron chi connectivity index (χ3n) is 3.65. The van der Waals surface area contributed by atoms with Gasteiger partial charge in [-0.05, 0) is 50.7 Å². The number of carbonyl (C=O) groups is 1. The van der Waals surface area contributed by atoms with Gasteiger partial charge in [0.05, 0.1) is 0 Å². The molecule has 2 aliphatic rings. The third-order valence-corrected chi connectivity index (χ3v) is 3.65. The highest BCUT2D eigenvalue weighted by atomic mass is 16.4. The van der Waals surface area contributed by atoms with Gasteiger partial charge in [-0.1, -0.05) is 0 Å². The summed E-state index contributed by atoms with van der Waals surface area (Å²) < 4.78 is 0. The van der Waals surface area contributed by atoms with Crippen molar-refractivity contribution in [3.63, 3.8) is 0 Å². The van der Waals surface area contributed by atoms with Gasteiger partial charge in [0.1, 0.15) is 6.04 Å². The minimum Gasteiger partial charge on any atom is -0.480 e. The van der Waals surface area contributed by atoms with E-state index in [-0.39, 0.29) is 6.04 Å². The molecule has 0 aromatic heterocycles. The first-order valence-electron chi connectivity index (χ1n) is 5.39. The zero-order chi connectivity index (χ0) is 10.0. The molecule has 2 heterocycles. The van der Waals surface area contributed by atoms with Crippen molar-refractivity contribution in [2.45, 2.75) is 31.7 Å². The number of piperidine rings is 2. The summed E-state index contributed by atoms with van der Waals surface area (Å²) >= 11 is 0. The summed E-state index contributed by atoms with van der Waals surface area (Å²) in [6, 6.07) is -0.318. The largest absolute Gasteiger partial charge is 0.480 e. The summed E-state index contributed by atoms with van der Waals surface area (Å²) in [5.41, 5.74) is 0.305. The molecule has 0 saturated carbocycles. The van der Waals surface area contributed by atoms with Gasteiger partial charge in [0, 0.05) is 0 Å². The Labute approximate surface area is 84.1 Å². The van der Waals surface area contributed by atoms with Crippen molar-refractivity contribution in [1.82, 2.24) is 10.6 Å². The van der Waals surface area contributed by atoms with Crippen LogP contribution in [0.5, 0.6) is 0 Å². The van der Waals surface area contributed by atoms with Crippen LogP contribution in [0.2, 0.25) is 0 Å². The standard InChI is InChI=1S/C10H18N2O2/c13-9(14)8-7-10(3-6-12-8)1-4-11-5-2-10/h8,11-12H,1-7H2,(H,13,14). The van der Waals surface area contributed by atoms with Crippen LogP contribution in [0.25, 0.3) is 0 Å². The molecule has 0 aliphatic carbocycles. The van der Waals surface area contributed by atoms with E-state index in [1.807, 2.05) is 0 Å². The molecule has 2 aliphatic heterocycles. The highest BCUT2D eigenvalue weighted by molar-refractivity contribution is 5.73. The van der Waals surface area contributed by atoms with E-state index >= 15 is 0 Å². The molecule has 1 atom stereocenters. The van der Waals surface area contributed by atoms with Crippen LogP contribution in [0.1, 0.15) is 25.7 Å². The molecule has 2 saturated heterocycles. The third kappa shape index (κ3) is 1.91. The predicted molar refractivity (Wildman–Crippen MR) is 53.2 cm³/mol. The van der Waals surface area contributed by atoms with Crippen LogP contribution in [0.15, 0.2) is 0 Å². The fourth-order valence-electron chi connectivity index (χ4n) is 2.70. The summed E-state index contributed by atoms with van der Waals surface area (Å²) in [5, 5.41) is 15.4. The number of nitrogens with one attached hydrogen (secondary N) is 2. The molecule has 2 fully saturated rings. The van der Waals surface area contributed by atoms with Gasteiger partial charge in [-0.15, -0.1) is 0 Å². The van der Waals surface area contributed by atoms with Gasteiger partial charge < -0.3 is 15.7 Å². The Morgan fingerprint density at radius 2 is 1.86 bits per heavy atom. The molecule has 0 aromatic carbocycles. The van der Waals surface area contributed by atoms with Gasteiger partial charge >= 0.3 is 5.97 Å². The maximum Gasteiger partial charge on any atom is 0.320 e. The summed E-state index contributed by atoms with van der Waals surface area (Å²) in [5.74, 6) is -0.692. The molecule has 1 unspecified atom stereocenters. The van der Waals surface area contributed by atoms with E-state index in [0.717, 1.165) is 45.3 Å². The molecule has 3 N–H and O–H groups in total. The summed E-state index contributed by atoms with van der Waals surface area (Å²) in [6.07, 6.45) is 4.22. The second kappa shape index (κ2) is 3.87. The minimum atomic E-state index is -0.692. The molecule has 0 bridgehead atoms. The number of hydrogen-bond acceptors (Lipinski definition) is 3. The van der Waals surface area contributed by atoms with Gasteiger partial charge in [0.25, 0.3) is 0 Å². The summed E-state index contributed by atoms with van der Waals surface area (Å²) in [6.45, 7) is 2.95. The van der Waals surface area contributed by atoms with E-state index < -0.39 is 5.97 Å². The van der Waals surface area contributed by atoms with Gasteiger partial charge in [-0.2, -0.15) is 0 Å². The van der Waals surface area contributed by atoms with Crippen LogP contribution >= 0.6 is 0 Å². The molecule has 80 valence electrons. The second-order valence-electron chi connectivity index (χ2n) is 4.55. The van der Waals surface area contributed by atoms with Gasteiger partial charge in [-0.3, -0.25) is 4.79 Å². The molecule has 4 heteroatoms. The lowest BCUT2D eigenvalue weighted by Gasteiger charge is -2.43. The topological polar surface area (TPSA) is 61.4 Å². The lowest BCUT2D eigenvalue weighted by atomic mass is 9.70. The van der Waals surface area contributed by atoms with Crippen LogP contribution in [0, 0.1) is 5.41 Å². The quantitative estimate of drug-likeness (QED) is 0.563. The van der Waals surface area contributed by atoms with Gasteiger partial charge in [-0.25, -0.2) is 0 Å². The zero-order valence-corrected chi connectivity index (χ0v) is 8.38. The lowest BCUT2D eigenvalue weighted by molar-refractivity contribution is -0.141. The van der Waals surface area contributed by atoms with E-state index in [4.69, 9.17) is 5.11 Å². The molecule has 14 heavy (non-hydrogen) atoms. The first kappa shape index (κ1) is 9.93. The van der Waals surface area contributed by atoms with Crippen molar-refractivity contribution in [3.8, 4) is 0 Å². The van der Waals surface area contributed by atoms with E-state index in [0.29, 0.717) is 5.41 Å². The van der Waals surface area contributed by atoms with Crippen molar-refractivity contribution >= 4 is 5.97 Å². The Morgan fingerprint density at radius 3 is 2.50 bits per heavy atom. The predicted octanol–water partition coefficient (Wildman–Crippen LogP) is 0.193. The van der Waals surface area contributed by atoms with Crippen LogP contribution < -0.4 is 10.6 Å². The lowest BCUT2D eigenvalue weighted by Crippen LogP contribution is -2.51. The van der Waals surface area contributed by atoms with Crippen LogP contribution in [-0.4, -0.2) is 36.8 Å². The molecule has 0 radical (unpaired) electrons. The van der Waals surface area contributed by atoms with E-state index in [2.05, 4.69) is 10.6 Å². The van der Waals surface area contributed by atoms with Crippen LogP contribution in [0.3, 0.4) is 0 Å². The van der Waals surface area contributed by atoms with E-state index in [9.17, 15) is 4.79 Å². The Morgan fingerprint density at radius 1 is 1.21 bits per heavy atom. The number of carboxylic acid groups (broad SMARTS) is 1. The van der Waals surface area contributed by atoms with E-state index in [1.165, 1.54) is 0 Å². The van der Waals surface area contributed by atoms with Crippen molar-refractivity contribution < 1.29 is 9.90 Å². The summed E-state index contributed by atoms with van der Waals surface area (Å²) in [7, 11) is 0. The van der Waals surface area contributed by atoms with Crippen molar-refractivity contribution in [1.29, 1.82) is 0 Å². The SMILES string of the molecule is O=C(O)C1CC2(CCNCC2)CCN1. The summed E-state index contributed by atoms with van der Waals surface area (Å²) in [4.78, 5) is 10.9. The zero-order valence-electron chi connectivity index (χ0n) is 8.38. The van der Waals surface area contributed by atoms with Crippen molar-refractivity contribution in [2.75, 3.05) is 19.6 Å². The number of rotatable bonds is 1. The molecule has 0 amide bonds. The molecule has 1 spiro atoms. The number of carboxylic acids is 1. The Bertz CT molecular complexity index is 219. The monoisotopic (exact) mass is 198 g/mol. The smallest absolute Gasteiger partial charge is 0.320 e. The second-order valence-corrected chi connectivity index (χ2v) is 4.55. The number of hydrogen-bond donors (Lipinski definition) is 3. The fourth-order valence-corrected chi connectivity index (χ4v) is 2.70. The maximum absolute atomic E-state index is 10.9. The molecular weight excluding hydrogens is 180 g/mol. The first-order valence-corrected chi connectivity index (χ1v) is 5.39. The molecule has 2 rings (SSSR count). The molecule has 4 nitrogen and oxygen atoms in total. The maximum atomic E-state index is 10.9. The van der Waals surface area contributed by atoms with Gasteiger partial charge in [0.15, 0.2) is 0 Å². The molecular formula is C10H18N2O2. The Hall–Kier alpha value is -0.610.